The Morgan fingerprint density at radius 1 is 1.07 bits per heavy atom. The summed E-state index contributed by atoms with van der Waals surface area (Å²) in [6.45, 7) is 7.55. The van der Waals surface area contributed by atoms with Crippen LogP contribution < -0.4 is 15.5 Å². The molecule has 1 aromatic carbocycles. The van der Waals surface area contributed by atoms with E-state index in [1.165, 1.54) is 0 Å². The van der Waals surface area contributed by atoms with Crippen LogP contribution in [0.4, 0.5) is 5.82 Å². The molecular weight excluding hydrogens is 376 g/mol. The fourth-order valence-electron chi connectivity index (χ4n) is 3.71. The number of aliphatic imine (C=N–C) groups is 1. The second-order valence-corrected chi connectivity index (χ2v) is 7.74. The van der Waals surface area contributed by atoms with E-state index in [4.69, 9.17) is 4.42 Å². The monoisotopic (exact) mass is 406 g/mol. The van der Waals surface area contributed by atoms with Gasteiger partial charge in [0.15, 0.2) is 5.96 Å². The van der Waals surface area contributed by atoms with Crippen LogP contribution in [0.3, 0.4) is 0 Å². The highest BCUT2D eigenvalue weighted by atomic mass is 16.3. The van der Waals surface area contributed by atoms with Gasteiger partial charge < -0.3 is 24.9 Å². The molecule has 4 rings (SSSR count). The van der Waals surface area contributed by atoms with Crippen LogP contribution in [0.1, 0.15) is 16.9 Å². The maximum atomic E-state index is 5.97. The lowest BCUT2D eigenvalue weighted by Crippen LogP contribution is -2.44. The summed E-state index contributed by atoms with van der Waals surface area (Å²) >= 11 is 0. The average Bonchev–Trinajstić information content (AvgIpc) is 3.11. The molecule has 0 unspecified atom stereocenters. The number of guanidine groups is 1. The lowest BCUT2D eigenvalue weighted by Gasteiger charge is -2.33. The Morgan fingerprint density at radius 2 is 1.83 bits per heavy atom. The number of benzene rings is 1. The third-order valence-electron chi connectivity index (χ3n) is 5.68. The lowest BCUT2D eigenvalue weighted by atomic mass is 10.1. The van der Waals surface area contributed by atoms with Crippen molar-refractivity contribution in [1.29, 1.82) is 0 Å². The molecule has 0 atom stereocenters. The molecule has 3 heterocycles. The molecule has 1 aliphatic rings. The van der Waals surface area contributed by atoms with Crippen LogP contribution in [-0.2, 0) is 13.1 Å². The molecule has 1 fully saturated rings. The number of pyridine rings is 1. The fraction of sp³-hybridized carbons (Fsp3) is 0.391. The predicted octanol–water partition coefficient (Wildman–Crippen LogP) is 2.75. The van der Waals surface area contributed by atoms with Crippen LogP contribution in [0.2, 0.25) is 0 Å². The van der Waals surface area contributed by atoms with Crippen LogP contribution in [0, 0.1) is 6.92 Å². The van der Waals surface area contributed by atoms with Crippen molar-refractivity contribution in [3.8, 4) is 0 Å². The minimum Gasteiger partial charge on any atom is -0.459 e. The summed E-state index contributed by atoms with van der Waals surface area (Å²) in [4.78, 5) is 13.7. The van der Waals surface area contributed by atoms with Crippen LogP contribution >= 0.6 is 0 Å². The largest absolute Gasteiger partial charge is 0.459 e. The predicted molar refractivity (Wildman–Crippen MR) is 122 cm³/mol. The number of nitrogens with one attached hydrogen (secondary N) is 2. The molecule has 0 aliphatic carbocycles. The maximum Gasteiger partial charge on any atom is 0.191 e. The molecular formula is C23H30N6O. The van der Waals surface area contributed by atoms with Gasteiger partial charge in [0.05, 0.1) is 6.54 Å². The van der Waals surface area contributed by atoms with Crippen molar-refractivity contribution in [2.75, 3.05) is 45.2 Å². The number of anilines is 1. The van der Waals surface area contributed by atoms with Gasteiger partial charge in [-0.25, -0.2) is 4.98 Å². The summed E-state index contributed by atoms with van der Waals surface area (Å²) in [6, 6.07) is 12.3. The van der Waals surface area contributed by atoms with Crippen molar-refractivity contribution >= 4 is 22.7 Å². The van der Waals surface area contributed by atoms with Gasteiger partial charge in [-0.1, -0.05) is 24.3 Å². The Labute approximate surface area is 177 Å². The van der Waals surface area contributed by atoms with Gasteiger partial charge in [0.1, 0.15) is 17.2 Å². The first-order valence-electron chi connectivity index (χ1n) is 10.4. The van der Waals surface area contributed by atoms with Crippen LogP contribution in [0.15, 0.2) is 52.0 Å². The first-order valence-corrected chi connectivity index (χ1v) is 10.4. The first kappa shape index (κ1) is 20.2. The third kappa shape index (κ3) is 4.57. The fourth-order valence-corrected chi connectivity index (χ4v) is 3.71. The standard InChI is InChI=1S/C23H30N6O/c1-17-19-6-4-5-7-20(19)30-21(17)16-27-23(24-2)26-15-18-8-9-22(25-14-18)29-12-10-28(3)11-13-29/h4-9,14H,10-13,15-16H2,1-3H3,(H2,24,26,27). The van der Waals surface area contributed by atoms with Crippen molar-refractivity contribution < 1.29 is 4.42 Å². The van der Waals surface area contributed by atoms with Gasteiger partial charge in [0.25, 0.3) is 0 Å². The molecule has 30 heavy (non-hydrogen) atoms. The molecule has 2 N–H and O–H groups in total. The number of likely N-dealkylation sites (N-methyl/N-ethyl adjacent to an activating group) is 1. The number of hydrogen-bond acceptors (Lipinski definition) is 5. The van der Waals surface area contributed by atoms with E-state index in [1.54, 1.807) is 7.05 Å². The maximum absolute atomic E-state index is 5.97. The summed E-state index contributed by atoms with van der Waals surface area (Å²) in [6.07, 6.45) is 1.94. The van der Waals surface area contributed by atoms with Crippen LogP contribution in [0.5, 0.6) is 0 Å². The number of aryl methyl sites for hydroxylation is 1. The van der Waals surface area contributed by atoms with E-state index in [-0.39, 0.29) is 0 Å². The van der Waals surface area contributed by atoms with Crippen molar-refractivity contribution in [2.45, 2.75) is 20.0 Å². The topological polar surface area (TPSA) is 68.9 Å². The van der Waals surface area contributed by atoms with Gasteiger partial charge in [-0.15, -0.1) is 0 Å². The first-order chi connectivity index (χ1) is 14.6. The normalized spacial score (nSPS) is 15.6. The highest BCUT2D eigenvalue weighted by Gasteiger charge is 2.15. The number of nitrogens with zero attached hydrogens (tertiary/aromatic N) is 4. The number of hydrogen-bond donors (Lipinski definition) is 2. The van der Waals surface area contributed by atoms with E-state index in [1.807, 2.05) is 24.4 Å². The average molecular weight is 407 g/mol. The minimum atomic E-state index is 0.584. The summed E-state index contributed by atoms with van der Waals surface area (Å²) in [5.74, 6) is 2.71. The molecule has 0 amide bonds. The van der Waals surface area contributed by atoms with Crippen molar-refractivity contribution in [3.63, 3.8) is 0 Å². The molecule has 1 aliphatic heterocycles. The highest BCUT2D eigenvalue weighted by Crippen LogP contribution is 2.24. The van der Waals surface area contributed by atoms with Gasteiger partial charge in [0, 0.05) is 56.9 Å². The Morgan fingerprint density at radius 3 is 2.53 bits per heavy atom. The Bertz CT molecular complexity index is 1000. The lowest BCUT2D eigenvalue weighted by molar-refractivity contribution is 0.312. The van der Waals surface area contributed by atoms with E-state index in [9.17, 15) is 0 Å². The molecule has 7 nitrogen and oxygen atoms in total. The van der Waals surface area contributed by atoms with Crippen LogP contribution in [0.25, 0.3) is 11.0 Å². The Hall–Kier alpha value is -3.06. The van der Waals surface area contributed by atoms with Gasteiger partial charge >= 0.3 is 0 Å². The second-order valence-electron chi connectivity index (χ2n) is 7.74. The van der Waals surface area contributed by atoms with Crippen LogP contribution in [-0.4, -0.2) is 56.1 Å². The molecule has 158 valence electrons. The molecule has 0 saturated carbocycles. The number of aromatic nitrogens is 1. The Kier molecular flexibility index (Phi) is 6.18. The minimum absolute atomic E-state index is 0.584. The van der Waals surface area contributed by atoms with E-state index in [0.29, 0.717) is 13.1 Å². The zero-order valence-corrected chi connectivity index (χ0v) is 18.0. The summed E-state index contributed by atoms with van der Waals surface area (Å²) in [5, 5.41) is 7.84. The zero-order chi connectivity index (χ0) is 20.9. The van der Waals surface area contributed by atoms with E-state index >= 15 is 0 Å². The SMILES string of the molecule is CN=C(NCc1ccc(N2CCN(C)CC2)nc1)NCc1oc2ccccc2c1C. The molecule has 0 bridgehead atoms. The summed E-state index contributed by atoms with van der Waals surface area (Å²) < 4.78 is 5.97. The summed E-state index contributed by atoms with van der Waals surface area (Å²) in [5.41, 5.74) is 3.20. The molecule has 7 heteroatoms. The van der Waals surface area contributed by atoms with Gasteiger partial charge in [0.2, 0.25) is 0 Å². The summed E-state index contributed by atoms with van der Waals surface area (Å²) in [7, 11) is 3.94. The number of para-hydroxylation sites is 1. The zero-order valence-electron chi connectivity index (χ0n) is 18.0. The van der Waals surface area contributed by atoms with Gasteiger partial charge in [-0.3, -0.25) is 4.99 Å². The number of furan rings is 1. The molecule has 0 radical (unpaired) electrons. The van der Waals surface area contributed by atoms with Gasteiger partial charge in [-0.05, 0) is 31.7 Å². The molecule has 3 aromatic rings. The van der Waals surface area contributed by atoms with E-state index < -0.39 is 0 Å². The number of fused-ring (bicyclic) bond motifs is 1. The van der Waals surface area contributed by atoms with Crippen molar-refractivity contribution in [1.82, 2.24) is 20.5 Å². The number of rotatable bonds is 5. The molecule has 2 aromatic heterocycles. The third-order valence-corrected chi connectivity index (χ3v) is 5.68. The van der Waals surface area contributed by atoms with Crippen molar-refractivity contribution in [3.05, 3.63) is 59.5 Å². The molecule has 1 saturated heterocycles. The van der Waals surface area contributed by atoms with Crippen molar-refractivity contribution in [2.24, 2.45) is 4.99 Å². The molecule has 0 spiro atoms. The highest BCUT2D eigenvalue weighted by molar-refractivity contribution is 5.82. The Balaban J connectivity index is 1.30. The smallest absolute Gasteiger partial charge is 0.191 e. The number of piperazine rings is 1. The van der Waals surface area contributed by atoms with E-state index in [2.05, 4.69) is 62.6 Å². The quantitative estimate of drug-likeness (QED) is 0.502. The van der Waals surface area contributed by atoms with Gasteiger partial charge in [-0.2, -0.15) is 0 Å². The second kappa shape index (κ2) is 9.17. The van der Waals surface area contributed by atoms with E-state index in [0.717, 1.165) is 65.8 Å².